The van der Waals surface area contributed by atoms with Crippen molar-refractivity contribution in [2.24, 2.45) is 11.0 Å². The maximum atomic E-state index is 12.8. The van der Waals surface area contributed by atoms with Gasteiger partial charge in [0.2, 0.25) is 0 Å². The van der Waals surface area contributed by atoms with E-state index in [1.807, 2.05) is 41.5 Å². The molecule has 2 rings (SSSR count). The van der Waals surface area contributed by atoms with E-state index in [4.69, 9.17) is 12.2 Å². The number of aliphatic hydroxyl groups is 1. The number of anilines is 1. The van der Waals surface area contributed by atoms with Crippen molar-refractivity contribution in [3.05, 3.63) is 30.3 Å². The lowest BCUT2D eigenvalue weighted by molar-refractivity contribution is -0.197. The molecule has 4 nitrogen and oxygen atoms in total. The second-order valence-electron chi connectivity index (χ2n) is 5.81. The number of nitrogens with one attached hydrogen (secondary N) is 1. The Bertz CT molecular complexity index is 606. The highest BCUT2D eigenvalue weighted by Gasteiger charge is 2.50. The van der Waals surface area contributed by atoms with Gasteiger partial charge in [-0.15, -0.1) is 0 Å². The zero-order valence-corrected chi connectivity index (χ0v) is 17.6. The van der Waals surface area contributed by atoms with Crippen molar-refractivity contribution in [2.45, 2.75) is 66.3 Å². The molecule has 1 aromatic rings. The molecule has 1 aliphatic heterocycles. The topological polar surface area (TPSA) is 47.9 Å². The molecule has 8 heteroatoms. The van der Waals surface area contributed by atoms with Crippen LogP contribution in [0.2, 0.25) is 0 Å². The van der Waals surface area contributed by atoms with Crippen LogP contribution in [0.1, 0.15) is 54.4 Å². The Morgan fingerprint density at radius 1 is 1.22 bits per heavy atom. The Labute approximate surface area is 165 Å². The van der Waals surface area contributed by atoms with Crippen molar-refractivity contribution >= 4 is 28.7 Å². The average molecular weight is 406 g/mol. The maximum absolute atomic E-state index is 12.8. The molecule has 27 heavy (non-hydrogen) atoms. The standard InChI is InChI=1S/C15H18F3N3OS.2C2H6/c1-10(2)12-8-14(22,9-15(16,17)18)21(20-12)13(23)19-11-6-4-3-5-7-11;2*1-2/h3-7,10,22H,8-9H2,1-2H3,(H,19,23);2*1-2H3. The summed E-state index contributed by atoms with van der Waals surface area (Å²) in [4.78, 5) is 0. The van der Waals surface area contributed by atoms with Crippen LogP contribution in [-0.2, 0) is 0 Å². The van der Waals surface area contributed by atoms with Crippen molar-refractivity contribution in [3.8, 4) is 0 Å². The quantitative estimate of drug-likeness (QED) is 0.625. The molecule has 1 heterocycles. The highest BCUT2D eigenvalue weighted by atomic mass is 32.1. The largest absolute Gasteiger partial charge is 0.393 e. The molecule has 1 aliphatic rings. The summed E-state index contributed by atoms with van der Waals surface area (Å²) in [6, 6.07) is 8.77. The molecule has 0 fully saturated rings. The fourth-order valence-electron chi connectivity index (χ4n) is 2.33. The average Bonchev–Trinajstić information content (AvgIpc) is 2.95. The zero-order chi connectivity index (χ0) is 21.3. The van der Waals surface area contributed by atoms with Crippen LogP contribution < -0.4 is 5.32 Å². The smallest absolute Gasteiger partial charge is 0.368 e. The third-order valence-corrected chi connectivity index (χ3v) is 3.73. The van der Waals surface area contributed by atoms with Gasteiger partial charge in [-0.1, -0.05) is 59.7 Å². The molecule has 1 atom stereocenters. The van der Waals surface area contributed by atoms with Gasteiger partial charge in [-0.25, -0.2) is 5.01 Å². The molecule has 0 aliphatic carbocycles. The van der Waals surface area contributed by atoms with E-state index in [1.54, 1.807) is 30.3 Å². The van der Waals surface area contributed by atoms with Gasteiger partial charge in [-0.05, 0) is 30.3 Å². The molecular formula is C19H30F3N3OS. The highest BCUT2D eigenvalue weighted by Crippen LogP contribution is 2.37. The summed E-state index contributed by atoms with van der Waals surface area (Å²) in [5.41, 5.74) is -1.11. The minimum absolute atomic E-state index is 0.0707. The summed E-state index contributed by atoms with van der Waals surface area (Å²) < 4.78 is 38.5. The summed E-state index contributed by atoms with van der Waals surface area (Å²) in [6.07, 6.45) is -6.13. The molecule has 0 spiro atoms. The van der Waals surface area contributed by atoms with Crippen LogP contribution in [0.4, 0.5) is 18.9 Å². The summed E-state index contributed by atoms with van der Waals surface area (Å²) in [7, 11) is 0. The lowest BCUT2D eigenvalue weighted by Crippen LogP contribution is -2.50. The summed E-state index contributed by atoms with van der Waals surface area (Å²) in [6.45, 7) is 11.6. The van der Waals surface area contributed by atoms with E-state index in [2.05, 4.69) is 10.4 Å². The number of benzene rings is 1. The van der Waals surface area contributed by atoms with E-state index < -0.39 is 18.3 Å². The van der Waals surface area contributed by atoms with Crippen LogP contribution in [0.3, 0.4) is 0 Å². The van der Waals surface area contributed by atoms with E-state index in [9.17, 15) is 18.3 Å². The van der Waals surface area contributed by atoms with E-state index in [0.717, 1.165) is 5.01 Å². The van der Waals surface area contributed by atoms with Gasteiger partial charge in [-0.3, -0.25) is 0 Å². The number of halogens is 3. The zero-order valence-electron chi connectivity index (χ0n) is 16.8. The monoisotopic (exact) mass is 405 g/mol. The number of hydrogen-bond donors (Lipinski definition) is 2. The van der Waals surface area contributed by atoms with Crippen LogP contribution in [-0.4, -0.2) is 32.8 Å². The second-order valence-corrected chi connectivity index (χ2v) is 6.19. The lowest BCUT2D eigenvalue weighted by Gasteiger charge is -2.33. The minimum Gasteiger partial charge on any atom is -0.368 e. The molecule has 0 radical (unpaired) electrons. The highest BCUT2D eigenvalue weighted by molar-refractivity contribution is 7.80. The minimum atomic E-state index is -4.53. The maximum Gasteiger partial charge on any atom is 0.393 e. The Kier molecular flexibility index (Phi) is 10.5. The van der Waals surface area contributed by atoms with Gasteiger partial charge in [0.25, 0.3) is 0 Å². The van der Waals surface area contributed by atoms with E-state index in [-0.39, 0.29) is 17.5 Å². The molecular weight excluding hydrogens is 375 g/mol. The summed E-state index contributed by atoms with van der Waals surface area (Å²) in [5, 5.41) is 18.2. The Hall–Kier alpha value is -1.67. The number of hydrazone groups is 1. The van der Waals surface area contributed by atoms with Crippen LogP contribution in [0.15, 0.2) is 35.4 Å². The first-order valence-electron chi connectivity index (χ1n) is 9.13. The molecule has 1 aromatic carbocycles. The molecule has 0 aromatic heterocycles. The normalized spacial score (nSPS) is 18.8. The first-order valence-corrected chi connectivity index (χ1v) is 9.54. The number of nitrogens with zero attached hydrogens (tertiary/aromatic N) is 2. The molecule has 0 amide bonds. The first kappa shape index (κ1) is 25.3. The van der Waals surface area contributed by atoms with Crippen LogP contribution >= 0.6 is 12.2 Å². The SMILES string of the molecule is CC.CC.CC(C)C1=NN(C(=S)Nc2ccccc2)C(O)(CC(F)(F)F)C1. The summed E-state index contributed by atoms with van der Waals surface area (Å²) in [5.74, 6) is -0.0840. The fourth-order valence-corrected chi connectivity index (χ4v) is 2.66. The van der Waals surface area contributed by atoms with Crippen molar-refractivity contribution in [3.63, 3.8) is 0 Å². The Balaban J connectivity index is 0.00000158. The number of alkyl halides is 3. The van der Waals surface area contributed by atoms with Gasteiger partial charge in [-0.2, -0.15) is 18.3 Å². The second kappa shape index (κ2) is 11.2. The predicted molar refractivity (Wildman–Crippen MR) is 110 cm³/mol. The number of thiocarbonyl (C=S) groups is 1. The molecule has 0 saturated carbocycles. The number of para-hydroxylation sites is 1. The van der Waals surface area contributed by atoms with E-state index in [0.29, 0.717) is 11.4 Å². The third-order valence-electron chi connectivity index (χ3n) is 3.45. The molecule has 154 valence electrons. The third kappa shape index (κ3) is 7.84. The predicted octanol–water partition coefficient (Wildman–Crippen LogP) is 5.79. The molecule has 1 unspecified atom stereocenters. The van der Waals surface area contributed by atoms with Gasteiger partial charge in [0.15, 0.2) is 10.8 Å². The van der Waals surface area contributed by atoms with Crippen LogP contribution in [0, 0.1) is 5.92 Å². The number of rotatable bonds is 3. The fraction of sp³-hybridized carbons (Fsp3) is 0.579. The Morgan fingerprint density at radius 2 is 1.74 bits per heavy atom. The first-order chi connectivity index (χ1) is 12.6. The number of hydrogen-bond acceptors (Lipinski definition) is 3. The van der Waals surface area contributed by atoms with Crippen molar-refractivity contribution in [2.75, 3.05) is 5.32 Å². The molecule has 0 saturated heterocycles. The molecule has 2 N–H and O–H groups in total. The van der Waals surface area contributed by atoms with Gasteiger partial charge in [0, 0.05) is 17.8 Å². The lowest BCUT2D eigenvalue weighted by atomic mass is 9.97. The van der Waals surface area contributed by atoms with Gasteiger partial charge in [0.05, 0.1) is 6.42 Å². The van der Waals surface area contributed by atoms with Gasteiger partial charge < -0.3 is 10.4 Å². The Morgan fingerprint density at radius 3 is 2.19 bits per heavy atom. The van der Waals surface area contributed by atoms with E-state index in [1.165, 1.54) is 0 Å². The van der Waals surface area contributed by atoms with Crippen molar-refractivity contribution < 1.29 is 18.3 Å². The van der Waals surface area contributed by atoms with Crippen molar-refractivity contribution in [1.82, 2.24) is 5.01 Å². The van der Waals surface area contributed by atoms with Crippen LogP contribution in [0.5, 0.6) is 0 Å². The van der Waals surface area contributed by atoms with Crippen LogP contribution in [0.25, 0.3) is 0 Å². The molecule has 0 bridgehead atoms. The summed E-state index contributed by atoms with van der Waals surface area (Å²) >= 11 is 5.15. The van der Waals surface area contributed by atoms with Gasteiger partial charge >= 0.3 is 6.18 Å². The van der Waals surface area contributed by atoms with E-state index >= 15 is 0 Å². The van der Waals surface area contributed by atoms with Crippen molar-refractivity contribution in [1.29, 1.82) is 0 Å². The van der Waals surface area contributed by atoms with Gasteiger partial charge in [0.1, 0.15) is 0 Å².